The van der Waals surface area contributed by atoms with Crippen LogP contribution in [-0.2, 0) is 0 Å². The minimum Gasteiger partial charge on any atom is -0.354 e. The molecule has 128 valence electrons. The lowest BCUT2D eigenvalue weighted by Gasteiger charge is -2.35. The molecule has 1 heterocycles. The SMILES string of the molecule is C=C(N(CC)C1CCCCC1)n1nnn(-c2ccccc2Cl)c1=O. The minimum atomic E-state index is -0.359. The Labute approximate surface area is 146 Å². The molecule has 6 nitrogen and oxygen atoms in total. The average molecular weight is 348 g/mol. The zero-order valence-corrected chi connectivity index (χ0v) is 14.6. The van der Waals surface area contributed by atoms with E-state index in [2.05, 4.69) is 28.8 Å². The van der Waals surface area contributed by atoms with Crippen LogP contribution in [0.3, 0.4) is 0 Å². The molecular weight excluding hydrogens is 326 g/mol. The summed E-state index contributed by atoms with van der Waals surface area (Å²) < 4.78 is 2.48. The summed E-state index contributed by atoms with van der Waals surface area (Å²) in [5.41, 5.74) is 0.159. The number of nitrogens with zero attached hydrogens (tertiary/aromatic N) is 5. The Bertz CT molecular complexity index is 775. The van der Waals surface area contributed by atoms with Crippen LogP contribution in [0.4, 0.5) is 0 Å². The molecule has 2 aromatic rings. The highest BCUT2D eigenvalue weighted by atomic mass is 35.5. The number of para-hydroxylation sites is 1. The summed E-state index contributed by atoms with van der Waals surface area (Å²) >= 11 is 6.16. The van der Waals surface area contributed by atoms with Crippen molar-refractivity contribution in [3.63, 3.8) is 0 Å². The Hall–Kier alpha value is -2.08. The molecule has 1 saturated carbocycles. The van der Waals surface area contributed by atoms with Crippen LogP contribution < -0.4 is 5.69 Å². The summed E-state index contributed by atoms with van der Waals surface area (Å²) in [6, 6.07) is 7.49. The molecule has 0 unspecified atom stereocenters. The van der Waals surface area contributed by atoms with Gasteiger partial charge in [0.15, 0.2) is 0 Å². The predicted molar refractivity (Wildman–Crippen MR) is 95.2 cm³/mol. The molecule has 0 amide bonds. The zero-order chi connectivity index (χ0) is 17.1. The van der Waals surface area contributed by atoms with Crippen molar-refractivity contribution in [3.8, 4) is 5.69 Å². The Morgan fingerprint density at radius 1 is 1.29 bits per heavy atom. The summed E-state index contributed by atoms with van der Waals surface area (Å²) in [6.07, 6.45) is 5.97. The highest BCUT2D eigenvalue weighted by Crippen LogP contribution is 2.25. The normalized spacial score (nSPS) is 15.4. The maximum Gasteiger partial charge on any atom is 0.374 e. The molecular formula is C17H22ClN5O. The molecule has 1 aliphatic carbocycles. The number of halogens is 1. The van der Waals surface area contributed by atoms with Crippen LogP contribution in [0.5, 0.6) is 0 Å². The van der Waals surface area contributed by atoms with E-state index in [1.165, 1.54) is 28.6 Å². The summed E-state index contributed by atoms with van der Waals surface area (Å²) in [7, 11) is 0. The predicted octanol–water partition coefficient (Wildman–Crippen LogP) is 3.17. The molecule has 0 radical (unpaired) electrons. The molecule has 0 atom stereocenters. The smallest absolute Gasteiger partial charge is 0.354 e. The zero-order valence-electron chi connectivity index (χ0n) is 13.9. The molecule has 1 aliphatic rings. The third-order valence-electron chi connectivity index (χ3n) is 4.59. The molecule has 0 saturated heterocycles. The van der Waals surface area contributed by atoms with Gasteiger partial charge in [0.05, 0.1) is 10.7 Å². The molecule has 0 aliphatic heterocycles. The number of benzene rings is 1. The van der Waals surface area contributed by atoms with E-state index in [-0.39, 0.29) is 5.69 Å². The van der Waals surface area contributed by atoms with Crippen molar-refractivity contribution in [2.75, 3.05) is 6.54 Å². The lowest BCUT2D eigenvalue weighted by molar-refractivity contribution is 0.228. The molecule has 3 rings (SSSR count). The maximum absolute atomic E-state index is 12.7. The number of hydrogen-bond donors (Lipinski definition) is 0. The Morgan fingerprint density at radius 2 is 2.00 bits per heavy atom. The monoisotopic (exact) mass is 347 g/mol. The summed E-state index contributed by atoms with van der Waals surface area (Å²) in [4.78, 5) is 14.9. The van der Waals surface area contributed by atoms with Crippen LogP contribution in [0.2, 0.25) is 5.02 Å². The fourth-order valence-corrected chi connectivity index (χ4v) is 3.56. The third-order valence-corrected chi connectivity index (χ3v) is 4.91. The number of aromatic nitrogens is 4. The minimum absolute atomic E-state index is 0.359. The number of rotatable bonds is 5. The highest BCUT2D eigenvalue weighted by molar-refractivity contribution is 6.32. The van der Waals surface area contributed by atoms with E-state index in [0.717, 1.165) is 19.4 Å². The van der Waals surface area contributed by atoms with Gasteiger partial charge in [0.1, 0.15) is 5.82 Å². The van der Waals surface area contributed by atoms with Crippen LogP contribution in [0.25, 0.3) is 11.5 Å². The lowest BCUT2D eigenvalue weighted by atomic mass is 9.94. The maximum atomic E-state index is 12.7. The Balaban J connectivity index is 1.91. The molecule has 1 aromatic heterocycles. The largest absolute Gasteiger partial charge is 0.374 e. The van der Waals surface area contributed by atoms with Crippen molar-refractivity contribution in [1.29, 1.82) is 0 Å². The van der Waals surface area contributed by atoms with Gasteiger partial charge >= 0.3 is 5.69 Å². The topological polar surface area (TPSA) is 56.0 Å². The fraction of sp³-hybridized carbons (Fsp3) is 0.471. The van der Waals surface area contributed by atoms with Crippen molar-refractivity contribution in [2.45, 2.75) is 45.1 Å². The van der Waals surface area contributed by atoms with Gasteiger partial charge in [-0.1, -0.05) is 49.6 Å². The molecule has 0 N–H and O–H groups in total. The van der Waals surface area contributed by atoms with Crippen molar-refractivity contribution in [2.24, 2.45) is 0 Å². The molecule has 24 heavy (non-hydrogen) atoms. The van der Waals surface area contributed by atoms with E-state index >= 15 is 0 Å². The van der Waals surface area contributed by atoms with E-state index in [1.54, 1.807) is 12.1 Å². The molecule has 0 spiro atoms. The van der Waals surface area contributed by atoms with Crippen LogP contribution in [-0.4, -0.2) is 37.3 Å². The van der Waals surface area contributed by atoms with Gasteiger partial charge < -0.3 is 4.90 Å². The second-order valence-corrected chi connectivity index (χ2v) is 6.44. The molecule has 1 aromatic carbocycles. The number of tetrazole rings is 1. The first kappa shape index (κ1) is 16.8. The molecule has 7 heteroatoms. The van der Waals surface area contributed by atoms with Crippen molar-refractivity contribution in [1.82, 2.24) is 24.7 Å². The van der Waals surface area contributed by atoms with E-state index in [1.807, 2.05) is 12.1 Å². The fourth-order valence-electron chi connectivity index (χ4n) is 3.35. The van der Waals surface area contributed by atoms with Gasteiger partial charge in [0.25, 0.3) is 0 Å². The van der Waals surface area contributed by atoms with Crippen LogP contribution in [0.1, 0.15) is 39.0 Å². The standard InChI is InChI=1S/C17H22ClN5O/c1-3-21(14-9-5-4-6-10-14)13(2)22-17(24)23(20-19-22)16-12-8-7-11-15(16)18/h7-8,11-12,14H,2-6,9-10H2,1H3. The van der Waals surface area contributed by atoms with E-state index in [9.17, 15) is 4.79 Å². The van der Waals surface area contributed by atoms with Gasteiger partial charge in [-0.05, 0) is 42.3 Å². The Kier molecular flexibility index (Phi) is 5.04. The van der Waals surface area contributed by atoms with Gasteiger partial charge in [-0.25, -0.2) is 4.79 Å². The molecule has 1 fully saturated rings. The van der Waals surface area contributed by atoms with Gasteiger partial charge in [-0.15, -0.1) is 4.68 Å². The van der Waals surface area contributed by atoms with E-state index in [4.69, 9.17) is 11.6 Å². The molecule has 0 bridgehead atoms. The van der Waals surface area contributed by atoms with Crippen molar-refractivity contribution >= 4 is 17.4 Å². The second kappa shape index (κ2) is 7.21. The van der Waals surface area contributed by atoms with Crippen LogP contribution in [0, 0.1) is 0 Å². The summed E-state index contributed by atoms with van der Waals surface area (Å²) in [5, 5.41) is 8.44. The van der Waals surface area contributed by atoms with Gasteiger partial charge in [-0.2, -0.15) is 4.68 Å². The first-order valence-corrected chi connectivity index (χ1v) is 8.77. The van der Waals surface area contributed by atoms with Crippen molar-refractivity contribution in [3.05, 3.63) is 46.4 Å². The summed E-state index contributed by atoms with van der Waals surface area (Å²) in [6.45, 7) is 6.96. The average Bonchev–Trinajstić information content (AvgIpc) is 2.98. The first-order chi connectivity index (χ1) is 11.6. The van der Waals surface area contributed by atoms with E-state index in [0.29, 0.717) is 22.6 Å². The highest BCUT2D eigenvalue weighted by Gasteiger charge is 2.24. The van der Waals surface area contributed by atoms with Crippen LogP contribution in [0.15, 0.2) is 35.6 Å². The van der Waals surface area contributed by atoms with Gasteiger partial charge in [-0.3, -0.25) is 0 Å². The Morgan fingerprint density at radius 3 is 2.67 bits per heavy atom. The lowest BCUT2D eigenvalue weighted by Crippen LogP contribution is -2.39. The van der Waals surface area contributed by atoms with Crippen molar-refractivity contribution < 1.29 is 0 Å². The number of hydrogen-bond acceptors (Lipinski definition) is 4. The third kappa shape index (κ3) is 3.11. The quantitative estimate of drug-likeness (QED) is 0.833. The summed E-state index contributed by atoms with van der Waals surface area (Å²) in [5.74, 6) is 0.577. The second-order valence-electron chi connectivity index (χ2n) is 6.03. The van der Waals surface area contributed by atoms with E-state index < -0.39 is 0 Å². The first-order valence-electron chi connectivity index (χ1n) is 8.39. The van der Waals surface area contributed by atoms with Gasteiger partial charge in [0, 0.05) is 12.6 Å². The van der Waals surface area contributed by atoms with Gasteiger partial charge in [0.2, 0.25) is 0 Å². The van der Waals surface area contributed by atoms with Crippen LogP contribution >= 0.6 is 11.6 Å².